The van der Waals surface area contributed by atoms with Crippen molar-refractivity contribution in [2.75, 3.05) is 48.1 Å². The molecule has 8 heteroatoms. The van der Waals surface area contributed by atoms with Crippen molar-refractivity contribution in [2.24, 2.45) is 0 Å². The zero-order valence-corrected chi connectivity index (χ0v) is 17.9. The van der Waals surface area contributed by atoms with E-state index < -0.39 is 0 Å². The molecule has 2 aromatic rings. The average molecular weight is 423 g/mol. The molecular formula is C21H27ClN2O5. The maximum absolute atomic E-state index is 13.4. The molecule has 0 saturated carbocycles. The monoisotopic (exact) mass is 422 g/mol. The number of halogens is 1. The molecule has 158 valence electrons. The van der Waals surface area contributed by atoms with Crippen LogP contribution in [0.15, 0.2) is 36.4 Å². The molecule has 0 aromatic heterocycles. The van der Waals surface area contributed by atoms with Crippen molar-refractivity contribution in [1.29, 1.82) is 0 Å². The number of carbonyl (C=O) groups excluding carboxylic acids is 1. The van der Waals surface area contributed by atoms with Crippen LogP contribution in [-0.4, -0.2) is 58.9 Å². The number of hydrogen-bond acceptors (Lipinski definition) is 6. The van der Waals surface area contributed by atoms with Crippen LogP contribution in [-0.2, 0) is 0 Å². The fourth-order valence-electron chi connectivity index (χ4n) is 3.54. The number of ether oxygens (including phenoxy) is 4. The Labute approximate surface area is 177 Å². The first kappa shape index (κ1) is 22.6. The van der Waals surface area contributed by atoms with Crippen molar-refractivity contribution in [3.05, 3.63) is 47.5 Å². The topological polar surface area (TPSA) is 69.3 Å². The van der Waals surface area contributed by atoms with Crippen LogP contribution in [0.1, 0.15) is 22.0 Å². The molecule has 0 bridgehead atoms. The predicted octanol–water partition coefficient (Wildman–Crippen LogP) is 2.93. The largest absolute Gasteiger partial charge is 0.496 e. The van der Waals surface area contributed by atoms with Crippen LogP contribution in [0.2, 0.25) is 0 Å². The van der Waals surface area contributed by atoms with Gasteiger partial charge in [-0.3, -0.25) is 4.79 Å². The van der Waals surface area contributed by atoms with E-state index in [0.29, 0.717) is 35.9 Å². The lowest BCUT2D eigenvalue weighted by atomic mass is 10.0. The van der Waals surface area contributed by atoms with E-state index >= 15 is 0 Å². The van der Waals surface area contributed by atoms with E-state index in [0.717, 1.165) is 17.9 Å². The fraction of sp³-hybridized carbons (Fsp3) is 0.381. The highest BCUT2D eigenvalue weighted by atomic mass is 35.5. The third kappa shape index (κ3) is 4.52. The van der Waals surface area contributed by atoms with Crippen molar-refractivity contribution < 1.29 is 23.7 Å². The molecule has 0 aliphatic carbocycles. The molecule has 1 atom stereocenters. The summed E-state index contributed by atoms with van der Waals surface area (Å²) in [6.45, 7) is 1.95. The highest BCUT2D eigenvalue weighted by molar-refractivity contribution is 5.96. The first-order valence-corrected chi connectivity index (χ1v) is 9.09. The second kappa shape index (κ2) is 10.2. The van der Waals surface area contributed by atoms with Crippen LogP contribution < -0.4 is 24.3 Å². The number of hydrogen-bond donors (Lipinski definition) is 1. The number of nitrogens with one attached hydrogen (secondary N) is 1. The van der Waals surface area contributed by atoms with Gasteiger partial charge in [0.05, 0.1) is 34.5 Å². The van der Waals surface area contributed by atoms with Gasteiger partial charge in [0.2, 0.25) is 5.75 Å². The van der Waals surface area contributed by atoms with Gasteiger partial charge in [-0.1, -0.05) is 18.2 Å². The normalized spacial score (nSPS) is 15.9. The fourth-order valence-corrected chi connectivity index (χ4v) is 3.54. The minimum atomic E-state index is -0.142. The minimum Gasteiger partial charge on any atom is -0.496 e. The Morgan fingerprint density at radius 2 is 1.59 bits per heavy atom. The Morgan fingerprint density at radius 1 is 0.966 bits per heavy atom. The van der Waals surface area contributed by atoms with Gasteiger partial charge in [-0.25, -0.2) is 0 Å². The van der Waals surface area contributed by atoms with Crippen LogP contribution in [0, 0.1) is 0 Å². The van der Waals surface area contributed by atoms with Crippen molar-refractivity contribution >= 4 is 18.3 Å². The summed E-state index contributed by atoms with van der Waals surface area (Å²) in [6.07, 6.45) is 0. The smallest absolute Gasteiger partial charge is 0.254 e. The zero-order chi connectivity index (χ0) is 20.1. The van der Waals surface area contributed by atoms with Crippen molar-refractivity contribution in [3.63, 3.8) is 0 Å². The van der Waals surface area contributed by atoms with Gasteiger partial charge in [-0.2, -0.15) is 0 Å². The summed E-state index contributed by atoms with van der Waals surface area (Å²) in [5, 5.41) is 3.37. The Balaban J connectivity index is 0.00000300. The van der Waals surface area contributed by atoms with E-state index in [1.807, 2.05) is 29.2 Å². The maximum atomic E-state index is 13.4. The third-order valence-electron chi connectivity index (χ3n) is 4.91. The molecule has 0 spiro atoms. The molecule has 1 aliphatic heterocycles. The van der Waals surface area contributed by atoms with Gasteiger partial charge in [0.1, 0.15) is 5.75 Å². The van der Waals surface area contributed by atoms with E-state index in [-0.39, 0.29) is 24.4 Å². The molecule has 3 rings (SSSR count). The Morgan fingerprint density at radius 3 is 2.17 bits per heavy atom. The predicted molar refractivity (Wildman–Crippen MR) is 113 cm³/mol. The highest BCUT2D eigenvalue weighted by Gasteiger charge is 2.31. The van der Waals surface area contributed by atoms with E-state index in [4.69, 9.17) is 18.9 Å². The second-order valence-electron chi connectivity index (χ2n) is 6.37. The molecule has 1 unspecified atom stereocenters. The van der Waals surface area contributed by atoms with Crippen LogP contribution in [0.5, 0.6) is 23.0 Å². The van der Waals surface area contributed by atoms with Gasteiger partial charge < -0.3 is 29.2 Å². The number of nitrogens with zero attached hydrogens (tertiary/aromatic N) is 1. The summed E-state index contributed by atoms with van der Waals surface area (Å²) in [7, 11) is 6.25. The molecule has 7 nitrogen and oxygen atoms in total. The van der Waals surface area contributed by atoms with Crippen molar-refractivity contribution in [3.8, 4) is 23.0 Å². The Bertz CT molecular complexity index is 821. The SMILES string of the molecule is COc1ccccc1C1CNCCN1C(=O)c1cc(OC)c(OC)c(OC)c1.Cl. The molecule has 29 heavy (non-hydrogen) atoms. The molecular weight excluding hydrogens is 396 g/mol. The van der Waals surface area contributed by atoms with Crippen LogP contribution in [0.3, 0.4) is 0 Å². The summed E-state index contributed by atoms with van der Waals surface area (Å²) in [5.74, 6) is 2.03. The number of amides is 1. The number of benzene rings is 2. The highest BCUT2D eigenvalue weighted by Crippen LogP contribution is 2.39. The third-order valence-corrected chi connectivity index (χ3v) is 4.91. The number of rotatable bonds is 6. The number of para-hydroxylation sites is 1. The van der Waals surface area contributed by atoms with Gasteiger partial charge >= 0.3 is 0 Å². The molecule has 1 amide bonds. The van der Waals surface area contributed by atoms with E-state index in [1.165, 1.54) is 21.3 Å². The lowest BCUT2D eigenvalue weighted by molar-refractivity contribution is 0.0631. The van der Waals surface area contributed by atoms with Gasteiger partial charge in [-0.05, 0) is 18.2 Å². The van der Waals surface area contributed by atoms with E-state index in [9.17, 15) is 4.79 Å². The lowest BCUT2D eigenvalue weighted by Gasteiger charge is -2.37. The quantitative estimate of drug-likeness (QED) is 0.772. The first-order valence-electron chi connectivity index (χ1n) is 9.09. The molecule has 1 heterocycles. The number of piperazine rings is 1. The van der Waals surface area contributed by atoms with Gasteiger partial charge in [0.25, 0.3) is 5.91 Å². The van der Waals surface area contributed by atoms with Gasteiger partial charge in [-0.15, -0.1) is 12.4 Å². The molecule has 1 saturated heterocycles. The molecule has 0 radical (unpaired) electrons. The van der Waals surface area contributed by atoms with E-state index in [1.54, 1.807) is 19.2 Å². The van der Waals surface area contributed by atoms with Gasteiger partial charge in [0.15, 0.2) is 11.5 Å². The van der Waals surface area contributed by atoms with Gasteiger partial charge in [0, 0.05) is 30.8 Å². The Hall–Kier alpha value is -2.64. The average Bonchev–Trinajstić information content (AvgIpc) is 2.77. The van der Waals surface area contributed by atoms with Crippen LogP contribution >= 0.6 is 12.4 Å². The second-order valence-corrected chi connectivity index (χ2v) is 6.37. The summed E-state index contributed by atoms with van der Waals surface area (Å²) in [5.41, 5.74) is 1.45. The summed E-state index contributed by atoms with van der Waals surface area (Å²) in [4.78, 5) is 15.3. The van der Waals surface area contributed by atoms with Crippen LogP contribution in [0.25, 0.3) is 0 Å². The van der Waals surface area contributed by atoms with E-state index in [2.05, 4.69) is 5.32 Å². The van der Waals surface area contributed by atoms with Crippen molar-refractivity contribution in [2.45, 2.75) is 6.04 Å². The van der Waals surface area contributed by atoms with Crippen molar-refractivity contribution in [1.82, 2.24) is 10.2 Å². The molecule has 2 aromatic carbocycles. The minimum absolute atomic E-state index is 0. The lowest BCUT2D eigenvalue weighted by Crippen LogP contribution is -2.48. The summed E-state index contributed by atoms with van der Waals surface area (Å²) >= 11 is 0. The zero-order valence-electron chi connectivity index (χ0n) is 17.1. The summed E-state index contributed by atoms with van der Waals surface area (Å²) < 4.78 is 21.7. The Kier molecular flexibility index (Phi) is 7.99. The molecule has 1 fully saturated rings. The standard InChI is InChI=1S/C21H26N2O5.ClH/c1-25-17-8-6-5-7-15(17)16-13-22-9-10-23(16)21(24)14-11-18(26-2)20(28-4)19(12-14)27-3;/h5-8,11-12,16,22H,9-10,13H2,1-4H3;1H. The molecule has 1 aliphatic rings. The first-order chi connectivity index (χ1) is 13.6. The number of carbonyl (C=O) groups is 1. The molecule has 1 N–H and O–H groups in total. The summed E-state index contributed by atoms with van der Waals surface area (Å²) in [6, 6.07) is 11.0. The van der Waals surface area contributed by atoms with Crippen LogP contribution in [0.4, 0.5) is 0 Å². The number of methoxy groups -OCH3 is 4. The maximum Gasteiger partial charge on any atom is 0.254 e.